The third-order valence-corrected chi connectivity index (χ3v) is 4.43. The molecule has 0 aliphatic carbocycles. The summed E-state index contributed by atoms with van der Waals surface area (Å²) in [6.07, 6.45) is 1.95. The van der Waals surface area contributed by atoms with Crippen molar-refractivity contribution in [2.75, 3.05) is 5.32 Å². The van der Waals surface area contributed by atoms with Gasteiger partial charge in [0.25, 0.3) is 5.91 Å². The van der Waals surface area contributed by atoms with Crippen molar-refractivity contribution in [2.24, 2.45) is 0 Å². The fraction of sp³-hybridized carbons (Fsp3) is 0.238. The number of ether oxygens (including phenoxy) is 1. The minimum Gasteiger partial charge on any atom is -0.449 e. The summed E-state index contributed by atoms with van der Waals surface area (Å²) in [4.78, 5) is 24.1. The molecule has 1 N–H and O–H groups in total. The minimum atomic E-state index is -0.986. The van der Waals surface area contributed by atoms with Crippen LogP contribution in [0.3, 0.4) is 0 Å². The van der Waals surface area contributed by atoms with Crippen molar-refractivity contribution in [3.63, 3.8) is 0 Å². The summed E-state index contributed by atoms with van der Waals surface area (Å²) < 4.78 is 5.12. The topological polar surface area (TPSA) is 55.4 Å². The first-order valence-corrected chi connectivity index (χ1v) is 9.26. The van der Waals surface area contributed by atoms with Crippen LogP contribution in [0.4, 0.5) is 5.69 Å². The molecule has 0 radical (unpaired) electrons. The highest BCUT2D eigenvalue weighted by molar-refractivity contribution is 6.35. The highest BCUT2D eigenvalue weighted by Gasteiger charge is 2.17. The number of benzene rings is 2. The third kappa shape index (κ3) is 6.42. The Morgan fingerprint density at radius 2 is 1.70 bits per heavy atom. The molecule has 0 spiro atoms. The maximum absolute atomic E-state index is 12.2. The van der Waals surface area contributed by atoms with Crippen LogP contribution in [0.15, 0.2) is 48.5 Å². The molecule has 27 heavy (non-hydrogen) atoms. The van der Waals surface area contributed by atoms with E-state index >= 15 is 0 Å². The number of carbonyl (C=O) groups excluding carboxylic acids is 2. The average molecular weight is 406 g/mol. The van der Waals surface area contributed by atoms with E-state index in [1.807, 2.05) is 24.3 Å². The van der Waals surface area contributed by atoms with E-state index in [4.69, 9.17) is 27.9 Å². The molecule has 0 fully saturated rings. The largest absolute Gasteiger partial charge is 0.449 e. The lowest BCUT2D eigenvalue weighted by Crippen LogP contribution is -2.29. The van der Waals surface area contributed by atoms with Gasteiger partial charge in [-0.3, -0.25) is 4.79 Å². The predicted molar refractivity (Wildman–Crippen MR) is 110 cm³/mol. The highest BCUT2D eigenvalue weighted by atomic mass is 35.5. The molecule has 0 unspecified atom stereocenters. The van der Waals surface area contributed by atoms with Crippen molar-refractivity contribution in [1.82, 2.24) is 0 Å². The molecule has 0 aliphatic heterocycles. The van der Waals surface area contributed by atoms with Crippen LogP contribution in [0.1, 0.15) is 37.8 Å². The maximum atomic E-state index is 12.2. The number of nitrogens with one attached hydrogen (secondary N) is 1. The minimum absolute atomic E-state index is 0.344. The van der Waals surface area contributed by atoms with Crippen molar-refractivity contribution in [3.8, 4) is 0 Å². The molecule has 1 amide bonds. The predicted octanol–water partition coefficient (Wildman–Crippen LogP) is 5.70. The van der Waals surface area contributed by atoms with E-state index in [0.717, 1.165) is 5.56 Å². The fourth-order valence-electron chi connectivity index (χ4n) is 2.25. The van der Waals surface area contributed by atoms with E-state index in [2.05, 4.69) is 19.2 Å². The van der Waals surface area contributed by atoms with E-state index in [0.29, 0.717) is 21.7 Å². The standard InChI is InChI=1S/C21H21Cl2NO3/c1-13(2)16-7-4-15(5-8-16)6-11-20(25)27-14(3)21(26)24-19-12-17(22)9-10-18(19)23/h4-14H,1-3H3,(H,24,26)/b11-6+/t14-/m1/s1. The Hall–Kier alpha value is -2.30. The van der Waals surface area contributed by atoms with Gasteiger partial charge >= 0.3 is 5.97 Å². The van der Waals surface area contributed by atoms with E-state index < -0.39 is 18.0 Å². The van der Waals surface area contributed by atoms with Crippen LogP contribution in [-0.2, 0) is 14.3 Å². The molecule has 2 rings (SSSR count). The number of esters is 1. The normalized spacial score (nSPS) is 12.2. The lowest BCUT2D eigenvalue weighted by Gasteiger charge is -2.13. The first-order chi connectivity index (χ1) is 12.8. The van der Waals surface area contributed by atoms with Crippen LogP contribution in [0, 0.1) is 0 Å². The number of halogens is 2. The first-order valence-electron chi connectivity index (χ1n) is 8.51. The first kappa shape index (κ1) is 21.0. The summed E-state index contributed by atoms with van der Waals surface area (Å²) in [5.41, 5.74) is 2.46. The second-order valence-corrected chi connectivity index (χ2v) is 7.19. The number of hydrogen-bond donors (Lipinski definition) is 1. The lowest BCUT2D eigenvalue weighted by molar-refractivity contribution is -0.148. The van der Waals surface area contributed by atoms with Gasteiger partial charge in [-0.1, -0.05) is 61.3 Å². The molecule has 1 atom stereocenters. The number of amides is 1. The third-order valence-electron chi connectivity index (χ3n) is 3.86. The van der Waals surface area contributed by atoms with E-state index in [-0.39, 0.29) is 0 Å². The number of hydrogen-bond acceptors (Lipinski definition) is 3. The number of rotatable bonds is 6. The summed E-state index contributed by atoms with van der Waals surface area (Å²) in [5.74, 6) is -0.662. The van der Waals surface area contributed by atoms with Gasteiger partial charge in [-0.2, -0.15) is 0 Å². The van der Waals surface area contributed by atoms with Gasteiger partial charge in [-0.15, -0.1) is 0 Å². The van der Waals surface area contributed by atoms with Crippen LogP contribution < -0.4 is 5.32 Å². The van der Waals surface area contributed by atoms with E-state index in [9.17, 15) is 9.59 Å². The Labute approximate surface area is 169 Å². The Balaban J connectivity index is 1.92. The Bertz CT molecular complexity index is 845. The van der Waals surface area contributed by atoms with Crippen LogP contribution in [0.25, 0.3) is 6.08 Å². The van der Waals surface area contributed by atoms with Gasteiger partial charge in [-0.05, 0) is 48.2 Å². The van der Waals surface area contributed by atoms with E-state index in [1.165, 1.54) is 24.6 Å². The van der Waals surface area contributed by atoms with Crippen molar-refractivity contribution in [1.29, 1.82) is 0 Å². The molecule has 0 saturated heterocycles. The van der Waals surface area contributed by atoms with Gasteiger partial charge in [0.05, 0.1) is 10.7 Å². The Morgan fingerprint density at radius 3 is 2.33 bits per heavy atom. The molecule has 0 aliphatic rings. The van der Waals surface area contributed by atoms with Crippen molar-refractivity contribution in [3.05, 3.63) is 69.7 Å². The second kappa shape index (κ2) is 9.58. The molecule has 0 saturated carbocycles. The molecular weight excluding hydrogens is 385 g/mol. The molecule has 0 bridgehead atoms. The molecule has 0 aromatic heterocycles. The van der Waals surface area contributed by atoms with Crippen LogP contribution in [0.5, 0.6) is 0 Å². The maximum Gasteiger partial charge on any atom is 0.331 e. The SMILES string of the molecule is CC(C)c1ccc(/C=C/C(=O)O[C@H](C)C(=O)Nc2cc(Cl)ccc2Cl)cc1. The second-order valence-electron chi connectivity index (χ2n) is 6.35. The summed E-state index contributed by atoms with van der Waals surface area (Å²) >= 11 is 11.9. The van der Waals surface area contributed by atoms with Gasteiger partial charge in [-0.25, -0.2) is 4.79 Å². The van der Waals surface area contributed by atoms with Gasteiger partial charge in [0.15, 0.2) is 6.10 Å². The van der Waals surface area contributed by atoms with Gasteiger partial charge in [0.1, 0.15) is 0 Å². The highest BCUT2D eigenvalue weighted by Crippen LogP contribution is 2.25. The summed E-state index contributed by atoms with van der Waals surface area (Å²) in [5, 5.41) is 3.37. The van der Waals surface area contributed by atoms with Gasteiger partial charge in [0, 0.05) is 11.1 Å². The van der Waals surface area contributed by atoms with Crippen LogP contribution in [-0.4, -0.2) is 18.0 Å². The summed E-state index contributed by atoms with van der Waals surface area (Å²) in [7, 11) is 0. The molecule has 2 aromatic carbocycles. The molecule has 4 nitrogen and oxygen atoms in total. The number of carbonyl (C=O) groups is 2. The molecule has 6 heteroatoms. The summed E-state index contributed by atoms with van der Waals surface area (Å²) in [6.45, 7) is 5.72. The molecule has 142 valence electrons. The van der Waals surface area contributed by atoms with Crippen LogP contribution >= 0.6 is 23.2 Å². The summed E-state index contributed by atoms with van der Waals surface area (Å²) in [6, 6.07) is 12.6. The van der Waals surface area contributed by atoms with Crippen molar-refractivity contribution >= 4 is 46.8 Å². The lowest BCUT2D eigenvalue weighted by atomic mass is 10.0. The number of anilines is 1. The molecule has 0 heterocycles. The van der Waals surface area contributed by atoms with Crippen molar-refractivity contribution in [2.45, 2.75) is 32.8 Å². The fourth-order valence-corrected chi connectivity index (χ4v) is 2.59. The van der Waals surface area contributed by atoms with Crippen molar-refractivity contribution < 1.29 is 14.3 Å². The van der Waals surface area contributed by atoms with Gasteiger partial charge < -0.3 is 10.1 Å². The quantitative estimate of drug-likeness (QED) is 0.495. The van der Waals surface area contributed by atoms with Gasteiger partial charge in [0.2, 0.25) is 0 Å². The Kier molecular flexibility index (Phi) is 7.45. The Morgan fingerprint density at radius 1 is 1.04 bits per heavy atom. The smallest absolute Gasteiger partial charge is 0.331 e. The van der Waals surface area contributed by atoms with E-state index in [1.54, 1.807) is 18.2 Å². The molecular formula is C21H21Cl2NO3. The average Bonchev–Trinajstić information content (AvgIpc) is 2.63. The zero-order valence-electron chi connectivity index (χ0n) is 15.3. The molecule has 2 aromatic rings. The van der Waals surface area contributed by atoms with Crippen LogP contribution in [0.2, 0.25) is 10.0 Å². The zero-order chi connectivity index (χ0) is 20.0. The zero-order valence-corrected chi connectivity index (χ0v) is 16.8. The monoisotopic (exact) mass is 405 g/mol.